The molecule has 0 saturated carbocycles. The Hall–Kier alpha value is -2.66. The van der Waals surface area contributed by atoms with Gasteiger partial charge in [-0.05, 0) is 30.0 Å². The summed E-state index contributed by atoms with van der Waals surface area (Å²) in [5.74, 6) is -0.167. The minimum Gasteiger partial charge on any atom is -0.336 e. The van der Waals surface area contributed by atoms with Gasteiger partial charge in [-0.15, -0.1) is 5.10 Å². The topological polar surface area (TPSA) is 51.0 Å². The molecule has 1 aromatic heterocycles. The summed E-state index contributed by atoms with van der Waals surface area (Å²) in [6.45, 7) is 1.16. The molecule has 3 rings (SSSR count). The Balaban J connectivity index is 1.54. The molecule has 2 aromatic carbocycles. The molecule has 0 saturated heterocycles. The molecule has 0 fully saturated rings. The van der Waals surface area contributed by atoms with Gasteiger partial charge in [0.15, 0.2) is 5.69 Å². The lowest BCUT2D eigenvalue weighted by Crippen LogP contribution is -2.26. The van der Waals surface area contributed by atoms with E-state index < -0.39 is 0 Å². The van der Waals surface area contributed by atoms with Crippen LogP contribution in [0, 0.1) is 0 Å². The smallest absolute Gasteiger partial charge is 0.276 e. The third kappa shape index (κ3) is 4.70. The van der Waals surface area contributed by atoms with Gasteiger partial charge in [0.2, 0.25) is 0 Å². The first-order chi connectivity index (χ1) is 12.6. The van der Waals surface area contributed by atoms with Crippen LogP contribution in [0.2, 0.25) is 5.02 Å². The summed E-state index contributed by atoms with van der Waals surface area (Å²) in [7, 11) is 1.74. The van der Waals surface area contributed by atoms with Crippen molar-refractivity contribution in [1.82, 2.24) is 19.9 Å². The van der Waals surface area contributed by atoms with Gasteiger partial charge in [-0.25, -0.2) is 0 Å². The quantitative estimate of drug-likeness (QED) is 0.636. The van der Waals surface area contributed by atoms with E-state index >= 15 is 0 Å². The number of halogens is 1. The van der Waals surface area contributed by atoms with Crippen molar-refractivity contribution in [2.45, 2.75) is 25.9 Å². The first-order valence-corrected chi connectivity index (χ1v) is 8.94. The number of rotatable bonds is 7. The summed E-state index contributed by atoms with van der Waals surface area (Å²) in [6.07, 6.45) is 3.61. The molecule has 0 radical (unpaired) electrons. The first kappa shape index (κ1) is 18.1. The van der Waals surface area contributed by atoms with Gasteiger partial charge < -0.3 is 4.90 Å². The molecule has 0 unspecified atom stereocenters. The lowest BCUT2D eigenvalue weighted by molar-refractivity contribution is 0.0779. The number of aryl methyl sites for hydroxylation is 2. The number of nitrogens with zero attached hydrogens (tertiary/aromatic N) is 4. The zero-order valence-corrected chi connectivity index (χ0v) is 15.4. The van der Waals surface area contributed by atoms with Crippen LogP contribution in [0.15, 0.2) is 60.8 Å². The third-order valence-electron chi connectivity index (χ3n) is 4.17. The van der Waals surface area contributed by atoms with Crippen LogP contribution in [0.3, 0.4) is 0 Å². The minimum absolute atomic E-state index is 0.167. The zero-order valence-electron chi connectivity index (χ0n) is 14.7. The Bertz CT molecular complexity index is 863. The molecule has 6 heteroatoms. The number of carbonyl (C=O) groups is 1. The summed E-state index contributed by atoms with van der Waals surface area (Å²) in [6, 6.07) is 17.8. The molecule has 0 spiro atoms. The van der Waals surface area contributed by atoms with Gasteiger partial charge in [-0.3, -0.25) is 9.48 Å². The molecule has 1 amide bonds. The monoisotopic (exact) mass is 368 g/mol. The van der Waals surface area contributed by atoms with Crippen molar-refractivity contribution in [2.75, 3.05) is 7.05 Å². The van der Waals surface area contributed by atoms with Crippen LogP contribution in [-0.2, 0) is 19.5 Å². The Morgan fingerprint density at radius 3 is 2.62 bits per heavy atom. The summed E-state index contributed by atoms with van der Waals surface area (Å²) in [5.41, 5.74) is 2.54. The fourth-order valence-corrected chi connectivity index (χ4v) is 2.94. The normalized spacial score (nSPS) is 10.7. The van der Waals surface area contributed by atoms with E-state index in [1.807, 2.05) is 42.5 Å². The summed E-state index contributed by atoms with van der Waals surface area (Å²) < 4.78 is 1.72. The van der Waals surface area contributed by atoms with Crippen molar-refractivity contribution in [2.24, 2.45) is 0 Å². The van der Waals surface area contributed by atoms with Crippen molar-refractivity contribution in [3.63, 3.8) is 0 Å². The van der Waals surface area contributed by atoms with E-state index in [4.69, 9.17) is 11.6 Å². The van der Waals surface area contributed by atoms with Gasteiger partial charge in [0.25, 0.3) is 5.91 Å². The van der Waals surface area contributed by atoms with Crippen molar-refractivity contribution in [3.8, 4) is 0 Å². The molecule has 0 N–H and O–H groups in total. The second-order valence-corrected chi connectivity index (χ2v) is 6.62. The third-order valence-corrected chi connectivity index (χ3v) is 4.53. The molecule has 0 aliphatic heterocycles. The van der Waals surface area contributed by atoms with Crippen LogP contribution in [-0.4, -0.2) is 32.8 Å². The molecular formula is C20H21ClN4O. The first-order valence-electron chi connectivity index (χ1n) is 8.56. The van der Waals surface area contributed by atoms with Crippen molar-refractivity contribution in [1.29, 1.82) is 0 Å². The molecule has 0 aliphatic rings. The van der Waals surface area contributed by atoms with E-state index in [0.717, 1.165) is 24.9 Å². The van der Waals surface area contributed by atoms with Crippen LogP contribution >= 0.6 is 11.6 Å². The van der Waals surface area contributed by atoms with Crippen LogP contribution in [0.1, 0.15) is 28.0 Å². The van der Waals surface area contributed by atoms with Gasteiger partial charge in [-0.2, -0.15) is 0 Å². The highest BCUT2D eigenvalue weighted by Gasteiger charge is 2.16. The van der Waals surface area contributed by atoms with E-state index in [1.54, 1.807) is 22.8 Å². The maximum Gasteiger partial charge on any atom is 0.276 e. The SMILES string of the molecule is CN(Cc1ccccc1Cl)C(=O)c1cn(CCCc2ccccc2)nn1. The van der Waals surface area contributed by atoms with Crippen molar-refractivity contribution >= 4 is 17.5 Å². The summed E-state index contributed by atoms with van der Waals surface area (Å²) in [5, 5.41) is 8.73. The Kier molecular flexibility index (Phi) is 6.02. The molecule has 0 bridgehead atoms. The highest BCUT2D eigenvalue weighted by molar-refractivity contribution is 6.31. The number of amides is 1. The average Bonchev–Trinajstić information content (AvgIpc) is 3.12. The molecule has 1 heterocycles. The van der Waals surface area contributed by atoms with Crippen molar-refractivity contribution in [3.05, 3.63) is 82.6 Å². The molecular weight excluding hydrogens is 348 g/mol. The summed E-state index contributed by atoms with van der Waals surface area (Å²) in [4.78, 5) is 14.1. The molecule has 0 atom stereocenters. The number of hydrogen-bond donors (Lipinski definition) is 0. The second-order valence-electron chi connectivity index (χ2n) is 6.21. The lowest BCUT2D eigenvalue weighted by Gasteiger charge is -2.16. The average molecular weight is 369 g/mol. The Labute approximate surface area is 158 Å². The lowest BCUT2D eigenvalue weighted by atomic mass is 10.1. The van der Waals surface area contributed by atoms with Gasteiger partial charge in [0.1, 0.15) is 0 Å². The Morgan fingerprint density at radius 2 is 1.85 bits per heavy atom. The Morgan fingerprint density at radius 1 is 1.12 bits per heavy atom. The van der Waals surface area contributed by atoms with Gasteiger partial charge >= 0.3 is 0 Å². The van der Waals surface area contributed by atoms with Crippen LogP contribution < -0.4 is 0 Å². The number of benzene rings is 2. The largest absolute Gasteiger partial charge is 0.336 e. The van der Waals surface area contributed by atoms with E-state index in [9.17, 15) is 4.79 Å². The fraction of sp³-hybridized carbons (Fsp3) is 0.250. The standard InChI is InChI=1S/C20H21ClN4O/c1-24(14-17-11-5-6-12-18(17)21)20(26)19-15-25(23-22-19)13-7-10-16-8-3-2-4-9-16/h2-6,8-9,11-12,15H,7,10,13-14H2,1H3. The number of hydrogen-bond acceptors (Lipinski definition) is 3. The van der Waals surface area contributed by atoms with E-state index in [1.165, 1.54) is 5.56 Å². The van der Waals surface area contributed by atoms with Crippen LogP contribution in [0.5, 0.6) is 0 Å². The number of aromatic nitrogens is 3. The minimum atomic E-state index is -0.167. The highest BCUT2D eigenvalue weighted by atomic mass is 35.5. The van der Waals surface area contributed by atoms with Gasteiger partial charge in [0.05, 0.1) is 6.20 Å². The second kappa shape index (κ2) is 8.63. The highest BCUT2D eigenvalue weighted by Crippen LogP contribution is 2.17. The van der Waals surface area contributed by atoms with Crippen LogP contribution in [0.4, 0.5) is 0 Å². The number of carbonyl (C=O) groups excluding carboxylic acids is 1. The van der Waals surface area contributed by atoms with Gasteiger partial charge in [-0.1, -0.05) is 65.3 Å². The van der Waals surface area contributed by atoms with E-state index in [-0.39, 0.29) is 5.91 Å². The van der Waals surface area contributed by atoms with Gasteiger partial charge in [0, 0.05) is 25.2 Å². The van der Waals surface area contributed by atoms with E-state index in [0.29, 0.717) is 17.3 Å². The van der Waals surface area contributed by atoms with Crippen LogP contribution in [0.25, 0.3) is 0 Å². The zero-order chi connectivity index (χ0) is 18.4. The molecule has 134 valence electrons. The maximum absolute atomic E-state index is 12.5. The maximum atomic E-state index is 12.5. The molecule has 3 aromatic rings. The predicted molar refractivity (Wildman–Crippen MR) is 102 cm³/mol. The fourth-order valence-electron chi connectivity index (χ4n) is 2.75. The predicted octanol–water partition coefficient (Wildman–Crippen LogP) is 3.84. The summed E-state index contributed by atoms with van der Waals surface area (Å²) >= 11 is 6.16. The molecule has 26 heavy (non-hydrogen) atoms. The van der Waals surface area contributed by atoms with E-state index in [2.05, 4.69) is 22.4 Å². The molecule has 0 aliphatic carbocycles. The van der Waals surface area contributed by atoms with Crippen molar-refractivity contribution < 1.29 is 4.79 Å². The molecule has 5 nitrogen and oxygen atoms in total.